The first-order valence-corrected chi connectivity index (χ1v) is 7.32. The molecule has 2 aromatic rings. The topological polar surface area (TPSA) is 55.1 Å². The molecule has 0 heterocycles. The van der Waals surface area contributed by atoms with Crippen LogP contribution in [-0.4, -0.2) is 5.91 Å². The molecule has 0 aromatic heterocycles. The lowest BCUT2D eigenvalue weighted by atomic mass is 9.98. The number of hydrogen-bond acceptors (Lipinski definition) is 2. The monoisotopic (exact) mass is 282 g/mol. The first-order valence-electron chi connectivity index (χ1n) is 7.32. The van der Waals surface area contributed by atoms with Crippen LogP contribution in [0.1, 0.15) is 47.7 Å². The van der Waals surface area contributed by atoms with Gasteiger partial charge in [-0.2, -0.15) is 0 Å². The van der Waals surface area contributed by atoms with Crippen LogP contribution in [0.4, 0.5) is 5.69 Å². The molecule has 0 saturated heterocycles. The third-order valence-electron chi connectivity index (χ3n) is 3.80. The van der Waals surface area contributed by atoms with Gasteiger partial charge in [-0.25, -0.2) is 0 Å². The predicted octanol–water partition coefficient (Wildman–Crippen LogP) is 3.91. The molecule has 2 aromatic carbocycles. The Labute approximate surface area is 126 Å². The number of carbonyl (C=O) groups is 1. The first kappa shape index (κ1) is 15.1. The summed E-state index contributed by atoms with van der Waals surface area (Å²) in [4.78, 5) is 11.2. The van der Waals surface area contributed by atoms with Crippen molar-refractivity contribution in [1.29, 1.82) is 0 Å². The van der Waals surface area contributed by atoms with Crippen LogP contribution in [0.15, 0.2) is 48.5 Å². The molecule has 0 saturated carbocycles. The van der Waals surface area contributed by atoms with Crippen molar-refractivity contribution in [3.8, 4) is 0 Å². The van der Waals surface area contributed by atoms with Crippen molar-refractivity contribution in [3.05, 3.63) is 65.2 Å². The first-order chi connectivity index (χ1) is 10.1. The number of nitrogens with one attached hydrogen (secondary N) is 1. The van der Waals surface area contributed by atoms with Gasteiger partial charge in [-0.15, -0.1) is 0 Å². The van der Waals surface area contributed by atoms with Crippen molar-refractivity contribution in [2.45, 2.75) is 32.7 Å². The van der Waals surface area contributed by atoms with E-state index >= 15 is 0 Å². The van der Waals surface area contributed by atoms with Crippen LogP contribution < -0.4 is 11.1 Å². The smallest absolute Gasteiger partial charge is 0.248 e. The lowest BCUT2D eigenvalue weighted by Gasteiger charge is -2.11. The SMILES string of the molecule is CCC(C)c1ccc(NCc2cccc(C(N)=O)c2)cc1. The van der Waals surface area contributed by atoms with Crippen molar-refractivity contribution in [1.82, 2.24) is 0 Å². The number of carbonyl (C=O) groups excluding carboxylic acids is 1. The van der Waals surface area contributed by atoms with Crippen LogP contribution in [0.3, 0.4) is 0 Å². The minimum absolute atomic E-state index is 0.394. The normalized spacial score (nSPS) is 11.9. The minimum atomic E-state index is -0.394. The van der Waals surface area contributed by atoms with E-state index in [1.807, 2.05) is 18.2 Å². The van der Waals surface area contributed by atoms with Crippen molar-refractivity contribution >= 4 is 11.6 Å². The fourth-order valence-electron chi connectivity index (χ4n) is 2.20. The number of rotatable bonds is 6. The standard InChI is InChI=1S/C18H22N2O/c1-3-13(2)15-7-9-17(10-8-15)20-12-14-5-4-6-16(11-14)18(19)21/h4-11,13,20H,3,12H2,1-2H3,(H2,19,21). The second-order valence-electron chi connectivity index (χ2n) is 5.35. The molecular weight excluding hydrogens is 260 g/mol. The highest BCUT2D eigenvalue weighted by Gasteiger charge is 2.03. The summed E-state index contributed by atoms with van der Waals surface area (Å²) in [5.41, 5.74) is 9.31. The summed E-state index contributed by atoms with van der Waals surface area (Å²) >= 11 is 0. The summed E-state index contributed by atoms with van der Waals surface area (Å²) in [6.45, 7) is 5.10. The van der Waals surface area contributed by atoms with E-state index in [9.17, 15) is 4.79 Å². The Morgan fingerprint density at radius 1 is 1.19 bits per heavy atom. The molecule has 2 rings (SSSR count). The summed E-state index contributed by atoms with van der Waals surface area (Å²) < 4.78 is 0. The Balaban J connectivity index is 1.99. The second-order valence-corrected chi connectivity index (χ2v) is 5.35. The molecule has 110 valence electrons. The van der Waals surface area contributed by atoms with Gasteiger partial charge in [0, 0.05) is 17.8 Å². The van der Waals surface area contributed by atoms with Gasteiger partial charge >= 0.3 is 0 Å². The lowest BCUT2D eigenvalue weighted by Crippen LogP contribution is -2.11. The van der Waals surface area contributed by atoms with Crippen LogP contribution in [0.25, 0.3) is 0 Å². The van der Waals surface area contributed by atoms with Crippen LogP contribution in [0.2, 0.25) is 0 Å². The molecule has 0 aliphatic carbocycles. The van der Waals surface area contributed by atoms with Gasteiger partial charge in [0.25, 0.3) is 0 Å². The van der Waals surface area contributed by atoms with E-state index < -0.39 is 5.91 Å². The Hall–Kier alpha value is -2.29. The summed E-state index contributed by atoms with van der Waals surface area (Å²) in [6.07, 6.45) is 1.15. The van der Waals surface area contributed by atoms with Gasteiger partial charge in [0.2, 0.25) is 5.91 Å². The molecular formula is C18H22N2O. The average Bonchev–Trinajstić information content (AvgIpc) is 2.53. The summed E-state index contributed by atoms with van der Waals surface area (Å²) in [5.74, 6) is 0.195. The van der Waals surface area contributed by atoms with E-state index in [0.29, 0.717) is 18.0 Å². The van der Waals surface area contributed by atoms with Crippen molar-refractivity contribution in [2.24, 2.45) is 5.73 Å². The van der Waals surface area contributed by atoms with E-state index in [4.69, 9.17) is 5.73 Å². The number of hydrogen-bond donors (Lipinski definition) is 2. The highest BCUT2D eigenvalue weighted by molar-refractivity contribution is 5.92. The zero-order chi connectivity index (χ0) is 15.2. The molecule has 0 radical (unpaired) electrons. The zero-order valence-electron chi connectivity index (χ0n) is 12.6. The third-order valence-corrected chi connectivity index (χ3v) is 3.80. The number of anilines is 1. The fraction of sp³-hybridized carbons (Fsp3) is 0.278. The molecule has 1 amide bonds. The Morgan fingerprint density at radius 3 is 2.52 bits per heavy atom. The van der Waals surface area contributed by atoms with E-state index in [2.05, 4.69) is 43.4 Å². The van der Waals surface area contributed by atoms with E-state index in [-0.39, 0.29) is 0 Å². The molecule has 3 N–H and O–H groups in total. The summed E-state index contributed by atoms with van der Waals surface area (Å²) in [5, 5.41) is 3.36. The van der Waals surface area contributed by atoms with E-state index in [0.717, 1.165) is 17.7 Å². The van der Waals surface area contributed by atoms with Crippen molar-refractivity contribution < 1.29 is 4.79 Å². The van der Waals surface area contributed by atoms with Gasteiger partial charge in [-0.05, 0) is 47.7 Å². The lowest BCUT2D eigenvalue weighted by molar-refractivity contribution is 0.1000. The van der Waals surface area contributed by atoms with Gasteiger partial charge in [-0.3, -0.25) is 4.79 Å². The van der Waals surface area contributed by atoms with Gasteiger partial charge in [0.15, 0.2) is 0 Å². The molecule has 21 heavy (non-hydrogen) atoms. The molecule has 0 fully saturated rings. The number of benzene rings is 2. The van der Waals surface area contributed by atoms with E-state index in [1.54, 1.807) is 6.07 Å². The zero-order valence-corrected chi connectivity index (χ0v) is 12.6. The maximum Gasteiger partial charge on any atom is 0.248 e. The number of primary amides is 1. The fourth-order valence-corrected chi connectivity index (χ4v) is 2.20. The number of nitrogens with two attached hydrogens (primary N) is 1. The summed E-state index contributed by atoms with van der Waals surface area (Å²) in [6, 6.07) is 15.9. The average molecular weight is 282 g/mol. The molecule has 0 spiro atoms. The predicted molar refractivity (Wildman–Crippen MR) is 87.4 cm³/mol. The van der Waals surface area contributed by atoms with Crippen LogP contribution in [0.5, 0.6) is 0 Å². The second kappa shape index (κ2) is 6.93. The maximum atomic E-state index is 11.2. The molecule has 0 bridgehead atoms. The Bertz CT molecular complexity index is 605. The molecule has 1 unspecified atom stereocenters. The van der Waals surface area contributed by atoms with Crippen molar-refractivity contribution in [3.63, 3.8) is 0 Å². The van der Waals surface area contributed by atoms with Crippen molar-refractivity contribution in [2.75, 3.05) is 5.32 Å². The van der Waals surface area contributed by atoms with E-state index in [1.165, 1.54) is 5.56 Å². The van der Waals surface area contributed by atoms with Crippen LogP contribution in [0, 0.1) is 0 Å². The van der Waals surface area contributed by atoms with Gasteiger partial charge in [0.1, 0.15) is 0 Å². The van der Waals surface area contributed by atoms with Gasteiger partial charge in [-0.1, -0.05) is 38.1 Å². The summed E-state index contributed by atoms with van der Waals surface area (Å²) in [7, 11) is 0. The highest BCUT2D eigenvalue weighted by Crippen LogP contribution is 2.20. The Kier molecular flexibility index (Phi) is 4.99. The molecule has 1 atom stereocenters. The van der Waals surface area contributed by atoms with Gasteiger partial charge < -0.3 is 11.1 Å². The molecule has 0 aliphatic heterocycles. The Morgan fingerprint density at radius 2 is 1.90 bits per heavy atom. The molecule has 3 heteroatoms. The number of amides is 1. The molecule has 0 aliphatic rings. The van der Waals surface area contributed by atoms with Crippen LogP contribution in [-0.2, 0) is 6.54 Å². The largest absolute Gasteiger partial charge is 0.381 e. The minimum Gasteiger partial charge on any atom is -0.381 e. The third kappa shape index (κ3) is 4.09. The van der Waals surface area contributed by atoms with Crippen LogP contribution >= 0.6 is 0 Å². The van der Waals surface area contributed by atoms with Gasteiger partial charge in [0.05, 0.1) is 0 Å². The highest BCUT2D eigenvalue weighted by atomic mass is 16.1. The quantitative estimate of drug-likeness (QED) is 0.844. The maximum absolute atomic E-state index is 11.2. The molecule has 3 nitrogen and oxygen atoms in total.